The van der Waals surface area contributed by atoms with E-state index in [1.54, 1.807) is 16.3 Å². The number of carbonyl (C=O) groups excluding carboxylic acids is 2. The van der Waals surface area contributed by atoms with E-state index >= 15 is 0 Å². The van der Waals surface area contributed by atoms with E-state index in [1.807, 2.05) is 6.92 Å². The molecule has 0 amide bonds. The summed E-state index contributed by atoms with van der Waals surface area (Å²) in [4.78, 5) is 35.7. The maximum Gasteiger partial charge on any atom is 0.303 e. The van der Waals surface area contributed by atoms with Crippen LogP contribution >= 0.6 is 11.8 Å². The Kier molecular flexibility index (Phi) is 5.80. The number of nitrogens with zero attached hydrogens (tertiary/aromatic N) is 4. The van der Waals surface area contributed by atoms with E-state index in [4.69, 9.17) is 19.9 Å². The highest BCUT2D eigenvalue weighted by molar-refractivity contribution is 7.99. The second kappa shape index (κ2) is 8.09. The van der Waals surface area contributed by atoms with Gasteiger partial charge in [-0.25, -0.2) is 15.0 Å². The number of hydrogen-bond acceptors (Lipinski definition) is 10. The van der Waals surface area contributed by atoms with Gasteiger partial charge < -0.3 is 19.9 Å². The summed E-state index contributed by atoms with van der Waals surface area (Å²) >= 11 is 1.64. The molecule has 10 nitrogen and oxygen atoms in total. The summed E-state index contributed by atoms with van der Waals surface area (Å²) in [5, 5.41) is 0. The highest BCUT2D eigenvalue weighted by atomic mass is 32.2. The molecule has 1 aliphatic rings. The molecule has 2 aromatic rings. The quantitative estimate of drug-likeness (QED) is 0.704. The number of nitrogens with two attached hydrogens (primary N) is 1. The van der Waals surface area contributed by atoms with Crippen LogP contribution in [0.15, 0.2) is 12.7 Å². The molecular weight excluding hydrogens is 374 g/mol. The lowest BCUT2D eigenvalue weighted by atomic mass is 10.1. The number of rotatable bonds is 6. The van der Waals surface area contributed by atoms with Crippen molar-refractivity contribution >= 4 is 40.7 Å². The van der Waals surface area contributed by atoms with Crippen molar-refractivity contribution in [3.8, 4) is 0 Å². The Hall–Kier alpha value is -2.40. The van der Waals surface area contributed by atoms with Crippen molar-refractivity contribution < 1.29 is 23.8 Å². The third-order valence-electron chi connectivity index (χ3n) is 4.04. The number of anilines is 1. The van der Waals surface area contributed by atoms with E-state index < -0.39 is 36.5 Å². The van der Waals surface area contributed by atoms with Gasteiger partial charge in [0.25, 0.3) is 0 Å². The molecule has 2 aromatic heterocycles. The average Bonchev–Trinajstić information content (AvgIpc) is 3.16. The molecule has 0 aliphatic carbocycles. The zero-order valence-electron chi connectivity index (χ0n) is 15.2. The summed E-state index contributed by atoms with van der Waals surface area (Å²) in [6, 6.07) is 0. The number of thioether (sulfide) groups is 1. The predicted octanol–water partition coefficient (Wildman–Crippen LogP) is 0.922. The van der Waals surface area contributed by atoms with E-state index in [2.05, 4.69) is 15.0 Å². The molecule has 1 aliphatic heterocycles. The molecule has 0 spiro atoms. The van der Waals surface area contributed by atoms with Crippen molar-refractivity contribution in [3.63, 3.8) is 0 Å². The van der Waals surface area contributed by atoms with Crippen LogP contribution < -0.4 is 5.73 Å². The lowest BCUT2D eigenvalue weighted by Crippen LogP contribution is -2.39. The number of imidazole rings is 1. The minimum atomic E-state index is -0.845. The predicted molar refractivity (Wildman–Crippen MR) is 97.8 cm³/mol. The van der Waals surface area contributed by atoms with E-state index in [1.165, 1.54) is 26.5 Å². The average molecular weight is 395 g/mol. The summed E-state index contributed by atoms with van der Waals surface area (Å²) < 4.78 is 18.7. The van der Waals surface area contributed by atoms with E-state index in [9.17, 15) is 9.59 Å². The first-order chi connectivity index (χ1) is 12.9. The molecule has 0 radical (unpaired) electrons. The molecule has 11 heteroatoms. The van der Waals surface area contributed by atoms with Crippen LogP contribution in [0.2, 0.25) is 0 Å². The first-order valence-electron chi connectivity index (χ1n) is 8.43. The van der Waals surface area contributed by atoms with Crippen LogP contribution in [-0.4, -0.2) is 61.3 Å². The van der Waals surface area contributed by atoms with Gasteiger partial charge in [0, 0.05) is 19.6 Å². The monoisotopic (exact) mass is 395 g/mol. The Labute approximate surface area is 159 Å². The van der Waals surface area contributed by atoms with Crippen molar-refractivity contribution in [2.45, 2.75) is 45.3 Å². The van der Waals surface area contributed by atoms with E-state index in [0.717, 1.165) is 5.75 Å². The SMILES string of the molecule is CCSC[C@H]1O[C@@H](n2cnc3c(N)ncnc32)[C@H](OC(C)=O)[C@@H]1OC(C)=O. The number of aromatic nitrogens is 4. The molecule has 146 valence electrons. The molecule has 1 fully saturated rings. The zero-order chi connectivity index (χ0) is 19.6. The first-order valence-corrected chi connectivity index (χ1v) is 9.58. The molecule has 0 bridgehead atoms. The Morgan fingerprint density at radius 3 is 2.59 bits per heavy atom. The van der Waals surface area contributed by atoms with Crippen molar-refractivity contribution in [1.29, 1.82) is 0 Å². The summed E-state index contributed by atoms with van der Waals surface area (Å²) in [6.07, 6.45) is 0.00998. The van der Waals surface area contributed by atoms with E-state index in [-0.39, 0.29) is 5.82 Å². The largest absolute Gasteiger partial charge is 0.456 e. The number of hydrogen-bond donors (Lipinski definition) is 1. The fourth-order valence-electron chi connectivity index (χ4n) is 3.01. The number of nitrogen functional groups attached to an aromatic ring is 1. The van der Waals surface area contributed by atoms with Crippen LogP contribution in [0.1, 0.15) is 27.0 Å². The van der Waals surface area contributed by atoms with E-state index in [0.29, 0.717) is 16.9 Å². The topological polar surface area (TPSA) is 131 Å². The molecule has 27 heavy (non-hydrogen) atoms. The Morgan fingerprint density at radius 2 is 1.93 bits per heavy atom. The van der Waals surface area contributed by atoms with Crippen LogP contribution in [0.3, 0.4) is 0 Å². The van der Waals surface area contributed by atoms with Gasteiger partial charge in [-0.05, 0) is 5.75 Å². The van der Waals surface area contributed by atoms with Gasteiger partial charge in [-0.1, -0.05) is 6.92 Å². The van der Waals surface area contributed by atoms with Gasteiger partial charge in [-0.3, -0.25) is 14.2 Å². The van der Waals surface area contributed by atoms with Crippen LogP contribution in [-0.2, 0) is 23.8 Å². The number of esters is 2. The Morgan fingerprint density at radius 1 is 1.22 bits per heavy atom. The number of ether oxygens (including phenoxy) is 3. The summed E-state index contributed by atoms with van der Waals surface area (Å²) in [7, 11) is 0. The summed E-state index contributed by atoms with van der Waals surface area (Å²) in [6.45, 7) is 4.62. The lowest BCUT2D eigenvalue weighted by molar-refractivity contribution is -0.165. The van der Waals surface area contributed by atoms with Crippen molar-refractivity contribution in [3.05, 3.63) is 12.7 Å². The fraction of sp³-hybridized carbons (Fsp3) is 0.562. The summed E-state index contributed by atoms with van der Waals surface area (Å²) in [5.41, 5.74) is 6.70. The molecule has 2 N–H and O–H groups in total. The maximum atomic E-state index is 11.7. The fourth-order valence-corrected chi connectivity index (χ4v) is 3.74. The van der Waals surface area contributed by atoms with Gasteiger partial charge in [0.2, 0.25) is 0 Å². The van der Waals surface area contributed by atoms with Gasteiger partial charge in [-0.2, -0.15) is 11.8 Å². The van der Waals surface area contributed by atoms with Crippen LogP contribution in [0.25, 0.3) is 11.2 Å². The highest BCUT2D eigenvalue weighted by Crippen LogP contribution is 2.37. The first kappa shape index (κ1) is 19.4. The van der Waals surface area contributed by atoms with Gasteiger partial charge in [-0.15, -0.1) is 0 Å². The zero-order valence-corrected chi connectivity index (χ0v) is 16.0. The van der Waals surface area contributed by atoms with Crippen LogP contribution in [0.5, 0.6) is 0 Å². The van der Waals surface area contributed by atoms with Gasteiger partial charge >= 0.3 is 11.9 Å². The lowest BCUT2D eigenvalue weighted by Gasteiger charge is -2.23. The third-order valence-corrected chi connectivity index (χ3v) is 5.01. The molecule has 1 saturated heterocycles. The van der Waals surface area contributed by atoms with Crippen LogP contribution in [0, 0.1) is 0 Å². The Bertz CT molecular complexity index is 844. The highest BCUT2D eigenvalue weighted by Gasteiger charge is 2.50. The van der Waals surface area contributed by atoms with Crippen molar-refractivity contribution in [2.75, 3.05) is 17.2 Å². The minimum Gasteiger partial charge on any atom is -0.456 e. The third kappa shape index (κ3) is 3.98. The second-order valence-electron chi connectivity index (χ2n) is 5.96. The molecule has 0 aromatic carbocycles. The van der Waals surface area contributed by atoms with Gasteiger partial charge in [0.15, 0.2) is 29.9 Å². The van der Waals surface area contributed by atoms with Gasteiger partial charge in [0.1, 0.15) is 17.9 Å². The molecule has 0 unspecified atom stereocenters. The number of fused-ring (bicyclic) bond motifs is 1. The van der Waals surface area contributed by atoms with Crippen LogP contribution in [0.4, 0.5) is 5.82 Å². The Balaban J connectivity index is 2.01. The molecule has 3 rings (SSSR count). The van der Waals surface area contributed by atoms with Crippen molar-refractivity contribution in [2.24, 2.45) is 0 Å². The van der Waals surface area contributed by atoms with Crippen molar-refractivity contribution in [1.82, 2.24) is 19.5 Å². The summed E-state index contributed by atoms with van der Waals surface area (Å²) in [5.74, 6) is 0.693. The molecule has 3 heterocycles. The molecule has 4 atom stereocenters. The van der Waals surface area contributed by atoms with Gasteiger partial charge in [0.05, 0.1) is 6.33 Å². The molecule has 0 saturated carbocycles. The number of carbonyl (C=O) groups is 2. The maximum absolute atomic E-state index is 11.7. The minimum absolute atomic E-state index is 0.232. The normalized spacial score (nSPS) is 24.9. The smallest absolute Gasteiger partial charge is 0.303 e. The molecular formula is C16H21N5O5S. The second-order valence-corrected chi connectivity index (χ2v) is 7.27. The standard InChI is InChI=1S/C16H21N5O5S/c1-4-27-5-10-12(24-8(2)22)13(25-9(3)23)16(26-10)21-7-20-11-14(17)18-6-19-15(11)21/h6-7,10,12-13,16H,4-5H2,1-3H3,(H2,17,18,19)/t10-,12-,13-,16-/m1/s1.